The van der Waals surface area contributed by atoms with Crippen LogP contribution in [0.25, 0.3) is 6.08 Å². The van der Waals surface area contributed by atoms with E-state index in [1.165, 1.54) is 29.2 Å². The van der Waals surface area contributed by atoms with Crippen LogP contribution in [0.5, 0.6) is 23.0 Å². The summed E-state index contributed by atoms with van der Waals surface area (Å²) >= 11 is 1.22. The first-order chi connectivity index (χ1) is 18.5. The molecule has 1 aromatic heterocycles. The lowest BCUT2D eigenvalue weighted by Crippen LogP contribution is -2.39. The van der Waals surface area contributed by atoms with Gasteiger partial charge in [0.2, 0.25) is 0 Å². The number of carbonyl (C=O) groups excluding carboxylic acids is 1. The summed E-state index contributed by atoms with van der Waals surface area (Å²) in [6, 6.07) is 10.1. The van der Waals surface area contributed by atoms with Crippen LogP contribution in [0.1, 0.15) is 37.9 Å². The minimum Gasteiger partial charge on any atom is -0.493 e. The molecule has 10 heteroatoms. The van der Waals surface area contributed by atoms with E-state index in [1.807, 2.05) is 39.0 Å². The first kappa shape index (κ1) is 27.0. The van der Waals surface area contributed by atoms with E-state index >= 15 is 0 Å². The average molecular weight is 539 g/mol. The molecule has 2 heterocycles. The Labute approximate surface area is 224 Å². The first-order valence-corrected chi connectivity index (χ1v) is 13.1. The number of nitrogens with zero attached hydrogens (tertiary/aromatic N) is 2. The van der Waals surface area contributed by atoms with Crippen molar-refractivity contribution in [3.63, 3.8) is 0 Å². The number of carbonyl (C=O) groups is 1. The van der Waals surface area contributed by atoms with Gasteiger partial charge in [-0.1, -0.05) is 29.5 Å². The van der Waals surface area contributed by atoms with Crippen molar-refractivity contribution in [3.05, 3.63) is 79.0 Å². The van der Waals surface area contributed by atoms with E-state index in [0.717, 1.165) is 0 Å². The zero-order chi connectivity index (χ0) is 27.2. The lowest BCUT2D eigenvalue weighted by molar-refractivity contribution is -0.136. The largest absolute Gasteiger partial charge is 0.493 e. The van der Waals surface area contributed by atoms with E-state index in [1.54, 1.807) is 31.4 Å². The third-order valence-corrected chi connectivity index (χ3v) is 6.81. The number of methoxy groups -OCH3 is 2. The molecule has 0 spiro atoms. The Hall–Kier alpha value is -4.05. The maximum absolute atomic E-state index is 13.8. The van der Waals surface area contributed by atoms with Crippen LogP contribution in [0.3, 0.4) is 0 Å². The lowest BCUT2D eigenvalue weighted by Gasteiger charge is -2.23. The van der Waals surface area contributed by atoms with Crippen molar-refractivity contribution in [2.45, 2.75) is 26.8 Å². The number of hydrogen-bond donors (Lipinski definition) is 0. The Morgan fingerprint density at radius 1 is 1.00 bits per heavy atom. The molecule has 38 heavy (non-hydrogen) atoms. The molecule has 0 fully saturated rings. The zero-order valence-electron chi connectivity index (χ0n) is 22.0. The predicted octanol–water partition coefficient (Wildman–Crippen LogP) is 3.22. The molecule has 0 bridgehead atoms. The second kappa shape index (κ2) is 12.0. The molecular weight excluding hydrogens is 508 g/mol. The van der Waals surface area contributed by atoms with Crippen molar-refractivity contribution < 1.29 is 28.5 Å². The molecule has 2 aromatic carbocycles. The van der Waals surface area contributed by atoms with Crippen molar-refractivity contribution >= 4 is 23.4 Å². The van der Waals surface area contributed by atoms with Crippen LogP contribution >= 0.6 is 11.3 Å². The van der Waals surface area contributed by atoms with Gasteiger partial charge in [-0.2, -0.15) is 0 Å². The Morgan fingerprint density at radius 3 is 2.42 bits per heavy atom. The highest BCUT2D eigenvalue weighted by atomic mass is 32.1. The average Bonchev–Trinajstić information content (AvgIpc) is 3.24. The fourth-order valence-electron chi connectivity index (χ4n) is 4.23. The van der Waals surface area contributed by atoms with Crippen LogP contribution in [0.15, 0.2) is 58.0 Å². The molecule has 200 valence electrons. The maximum atomic E-state index is 13.8. The molecule has 1 aliphatic heterocycles. The van der Waals surface area contributed by atoms with Crippen LogP contribution in [-0.2, 0) is 9.53 Å². The van der Waals surface area contributed by atoms with Crippen LogP contribution < -0.4 is 33.8 Å². The number of para-hydroxylation sites is 1. The van der Waals surface area contributed by atoms with Gasteiger partial charge in [0, 0.05) is 11.8 Å². The number of ether oxygens (including phenoxy) is 5. The number of rotatable bonds is 10. The van der Waals surface area contributed by atoms with Crippen LogP contribution in [0.2, 0.25) is 0 Å². The summed E-state index contributed by atoms with van der Waals surface area (Å²) in [5.74, 6) is 1.63. The number of hydrogen-bond acceptors (Lipinski definition) is 9. The Morgan fingerprint density at radius 2 is 1.74 bits per heavy atom. The molecule has 0 saturated heterocycles. The number of benzene rings is 2. The highest BCUT2D eigenvalue weighted by Gasteiger charge is 2.31. The molecule has 0 saturated carbocycles. The van der Waals surface area contributed by atoms with Gasteiger partial charge in [0.25, 0.3) is 5.56 Å². The number of thiazole rings is 1. The van der Waals surface area contributed by atoms with E-state index in [-0.39, 0.29) is 11.1 Å². The Kier molecular flexibility index (Phi) is 8.52. The van der Waals surface area contributed by atoms with Gasteiger partial charge in [-0.15, -0.1) is 0 Å². The maximum Gasteiger partial charge on any atom is 0.337 e. The van der Waals surface area contributed by atoms with Crippen molar-refractivity contribution in [2.75, 3.05) is 34.0 Å². The summed E-state index contributed by atoms with van der Waals surface area (Å²) < 4.78 is 29.7. The van der Waals surface area contributed by atoms with Gasteiger partial charge >= 0.3 is 5.97 Å². The Bertz CT molecular complexity index is 1540. The van der Waals surface area contributed by atoms with Crippen LogP contribution in [0.4, 0.5) is 0 Å². The molecule has 0 unspecified atom stereocenters. The van der Waals surface area contributed by atoms with Gasteiger partial charge in [-0.05, 0) is 50.6 Å². The number of aromatic nitrogens is 1. The van der Waals surface area contributed by atoms with Crippen molar-refractivity contribution in [1.82, 2.24) is 4.57 Å². The van der Waals surface area contributed by atoms with Crippen molar-refractivity contribution in [2.24, 2.45) is 4.99 Å². The van der Waals surface area contributed by atoms with Gasteiger partial charge in [0.15, 0.2) is 27.8 Å². The molecule has 0 amide bonds. The van der Waals surface area contributed by atoms with Gasteiger partial charge in [0.1, 0.15) is 0 Å². The fraction of sp³-hybridized carbons (Fsp3) is 0.321. The van der Waals surface area contributed by atoms with Crippen LogP contribution in [0, 0.1) is 0 Å². The van der Waals surface area contributed by atoms with E-state index < -0.39 is 12.0 Å². The van der Waals surface area contributed by atoms with E-state index in [0.29, 0.717) is 63.3 Å². The smallest absolute Gasteiger partial charge is 0.337 e. The minimum absolute atomic E-state index is 0.231. The second-order valence-electron chi connectivity index (χ2n) is 8.06. The minimum atomic E-state index is -0.771. The second-order valence-corrected chi connectivity index (χ2v) is 9.07. The topological polar surface area (TPSA) is 97.6 Å². The van der Waals surface area contributed by atoms with Crippen LogP contribution in [-0.4, -0.2) is 44.6 Å². The summed E-state index contributed by atoms with van der Waals surface area (Å²) in [6.45, 7) is 6.97. The fourth-order valence-corrected chi connectivity index (χ4v) is 5.19. The quantitative estimate of drug-likeness (QED) is 0.366. The summed E-state index contributed by atoms with van der Waals surface area (Å²) in [4.78, 5) is 31.5. The molecule has 0 radical (unpaired) electrons. The molecule has 3 aromatic rings. The normalized spacial score (nSPS) is 14.7. The lowest BCUT2D eigenvalue weighted by atomic mass is 9.97. The molecule has 1 atom stereocenters. The third kappa shape index (κ3) is 5.17. The van der Waals surface area contributed by atoms with Crippen molar-refractivity contribution in [3.8, 4) is 23.0 Å². The van der Waals surface area contributed by atoms with Gasteiger partial charge in [-0.25, -0.2) is 9.79 Å². The Balaban J connectivity index is 1.92. The molecule has 9 nitrogen and oxygen atoms in total. The summed E-state index contributed by atoms with van der Waals surface area (Å²) in [6.07, 6.45) is 3.21. The molecule has 0 aliphatic carbocycles. The summed E-state index contributed by atoms with van der Waals surface area (Å²) in [7, 11) is 2.87. The SMILES string of the molecule is CCOc1ccc([C@@H]2C(C(=O)OC)=CN=c3s/c(=C/c4cccc(OC)c4OCC)c(=O)n32)cc1OCC. The number of fused-ring (bicyclic) bond motifs is 1. The standard InChI is InChI=1S/C28H30N2O7S/c1-6-35-20-13-12-17(14-22(20)36-7-2)24-19(27(32)34-5)16-29-28-30(24)26(31)23(38-28)15-18-10-9-11-21(33-4)25(18)37-8-3/h9-16,24H,6-8H2,1-5H3/b23-15+/t24-/m1/s1. The van der Waals surface area contributed by atoms with E-state index in [4.69, 9.17) is 23.7 Å². The summed E-state index contributed by atoms with van der Waals surface area (Å²) in [5.41, 5.74) is 1.28. The first-order valence-electron chi connectivity index (χ1n) is 12.3. The van der Waals surface area contributed by atoms with E-state index in [9.17, 15) is 9.59 Å². The van der Waals surface area contributed by atoms with Gasteiger partial charge in [-0.3, -0.25) is 9.36 Å². The predicted molar refractivity (Wildman–Crippen MR) is 144 cm³/mol. The third-order valence-electron chi connectivity index (χ3n) is 5.81. The highest BCUT2D eigenvalue weighted by Crippen LogP contribution is 2.35. The van der Waals surface area contributed by atoms with Gasteiger partial charge in [0.05, 0.1) is 50.2 Å². The summed E-state index contributed by atoms with van der Waals surface area (Å²) in [5, 5.41) is 0. The molecule has 1 aliphatic rings. The monoisotopic (exact) mass is 538 g/mol. The van der Waals surface area contributed by atoms with Gasteiger partial charge < -0.3 is 23.7 Å². The molecular formula is C28H30N2O7S. The van der Waals surface area contributed by atoms with Crippen molar-refractivity contribution in [1.29, 1.82) is 0 Å². The van der Waals surface area contributed by atoms with E-state index in [2.05, 4.69) is 4.99 Å². The highest BCUT2D eigenvalue weighted by molar-refractivity contribution is 7.07. The zero-order valence-corrected chi connectivity index (χ0v) is 22.8. The number of esters is 1. The molecule has 4 rings (SSSR count). The molecule has 0 N–H and O–H groups in total.